The Balaban J connectivity index is 1.44. The van der Waals surface area contributed by atoms with E-state index in [2.05, 4.69) is 10.4 Å². The van der Waals surface area contributed by atoms with Gasteiger partial charge in [0, 0.05) is 25.6 Å². The molecule has 2 atom stereocenters. The van der Waals surface area contributed by atoms with Gasteiger partial charge >= 0.3 is 0 Å². The molecule has 168 valence electrons. The molecule has 2 aliphatic rings. The SMILES string of the molecule is Cc1ccccc1-n1ncc(C(=O)NCCS(=O)(=O)N2C[C@@H](C)O[C@H](C)C2)c1C1CC1. The fourth-order valence-electron chi connectivity index (χ4n) is 4.15. The zero-order chi connectivity index (χ0) is 22.2. The van der Waals surface area contributed by atoms with Crippen LogP contribution in [-0.2, 0) is 14.8 Å². The van der Waals surface area contributed by atoms with Crippen molar-refractivity contribution >= 4 is 15.9 Å². The molecular formula is C22H30N4O4S. The minimum absolute atomic E-state index is 0.0565. The number of aryl methyl sites for hydroxylation is 1. The third-order valence-electron chi connectivity index (χ3n) is 5.78. The van der Waals surface area contributed by atoms with E-state index in [1.807, 2.05) is 49.7 Å². The summed E-state index contributed by atoms with van der Waals surface area (Å²) in [7, 11) is -3.47. The molecule has 8 nitrogen and oxygen atoms in total. The summed E-state index contributed by atoms with van der Waals surface area (Å²) >= 11 is 0. The van der Waals surface area contributed by atoms with E-state index >= 15 is 0 Å². The predicted octanol–water partition coefficient (Wildman–Crippen LogP) is 2.23. The minimum atomic E-state index is -3.47. The van der Waals surface area contributed by atoms with Gasteiger partial charge < -0.3 is 10.1 Å². The van der Waals surface area contributed by atoms with Gasteiger partial charge in [0.15, 0.2) is 0 Å². The highest BCUT2D eigenvalue weighted by Crippen LogP contribution is 2.42. The molecule has 31 heavy (non-hydrogen) atoms. The molecule has 2 fully saturated rings. The van der Waals surface area contributed by atoms with Gasteiger partial charge in [0.1, 0.15) is 0 Å². The maximum atomic E-state index is 12.9. The Hall–Kier alpha value is -2.23. The smallest absolute Gasteiger partial charge is 0.254 e. The number of carbonyl (C=O) groups excluding carboxylic acids is 1. The highest BCUT2D eigenvalue weighted by molar-refractivity contribution is 7.89. The second-order valence-electron chi connectivity index (χ2n) is 8.56. The maximum absolute atomic E-state index is 12.9. The number of para-hydroxylation sites is 1. The first-order valence-corrected chi connectivity index (χ1v) is 12.4. The number of nitrogens with one attached hydrogen (secondary N) is 1. The van der Waals surface area contributed by atoms with Crippen LogP contribution in [0.3, 0.4) is 0 Å². The molecular weight excluding hydrogens is 416 g/mol. The molecule has 0 spiro atoms. The number of benzene rings is 1. The van der Waals surface area contributed by atoms with Crippen molar-refractivity contribution in [3.63, 3.8) is 0 Å². The third-order valence-corrected chi connectivity index (χ3v) is 7.59. The van der Waals surface area contributed by atoms with Crippen LogP contribution in [0.15, 0.2) is 30.5 Å². The van der Waals surface area contributed by atoms with Crippen LogP contribution in [0.2, 0.25) is 0 Å². The summed E-state index contributed by atoms with van der Waals surface area (Å²) < 4.78 is 34.4. The zero-order valence-electron chi connectivity index (χ0n) is 18.2. The van der Waals surface area contributed by atoms with E-state index in [9.17, 15) is 13.2 Å². The Morgan fingerprint density at radius 1 is 1.19 bits per heavy atom. The molecule has 1 aromatic heterocycles. The van der Waals surface area contributed by atoms with Gasteiger partial charge in [-0.2, -0.15) is 9.40 Å². The Morgan fingerprint density at radius 3 is 2.52 bits per heavy atom. The normalized spacial score (nSPS) is 22.4. The van der Waals surface area contributed by atoms with E-state index < -0.39 is 10.0 Å². The number of sulfonamides is 1. The number of hydrogen-bond acceptors (Lipinski definition) is 5. The minimum Gasteiger partial charge on any atom is -0.373 e. The largest absolute Gasteiger partial charge is 0.373 e. The summed E-state index contributed by atoms with van der Waals surface area (Å²) in [4.78, 5) is 12.9. The van der Waals surface area contributed by atoms with E-state index in [4.69, 9.17) is 4.74 Å². The standard InChI is InChI=1S/C22H30N4O4S/c1-15-6-4-5-7-20(15)26-21(18-8-9-18)19(12-24-26)22(27)23-10-11-31(28,29)25-13-16(2)30-17(3)14-25/h4-7,12,16-18H,8-11,13-14H2,1-3H3,(H,23,27)/t16-,17-/m1/s1. The molecule has 9 heteroatoms. The predicted molar refractivity (Wildman–Crippen MR) is 118 cm³/mol. The molecule has 1 aromatic carbocycles. The first-order chi connectivity index (χ1) is 14.8. The number of hydrogen-bond donors (Lipinski definition) is 1. The zero-order valence-corrected chi connectivity index (χ0v) is 19.1. The molecule has 4 rings (SSSR count). The van der Waals surface area contributed by atoms with Gasteiger partial charge in [0.05, 0.1) is 41.1 Å². The summed E-state index contributed by atoms with van der Waals surface area (Å²) in [5.41, 5.74) is 3.48. The number of rotatable bonds is 7. The van der Waals surface area contributed by atoms with Crippen molar-refractivity contribution in [2.24, 2.45) is 0 Å². The molecule has 1 aliphatic carbocycles. The van der Waals surface area contributed by atoms with Gasteiger partial charge in [-0.3, -0.25) is 4.79 Å². The molecule has 1 amide bonds. The Labute approximate surface area is 183 Å². The number of nitrogens with zero attached hydrogens (tertiary/aromatic N) is 3. The van der Waals surface area contributed by atoms with E-state index in [1.165, 1.54) is 4.31 Å². The number of ether oxygens (including phenoxy) is 1. The van der Waals surface area contributed by atoms with Crippen LogP contribution in [0.5, 0.6) is 0 Å². The van der Waals surface area contributed by atoms with Crippen LogP contribution < -0.4 is 5.32 Å². The fourth-order valence-corrected chi connectivity index (χ4v) is 5.64. The number of carbonyl (C=O) groups is 1. The molecule has 0 bridgehead atoms. The average Bonchev–Trinajstić information content (AvgIpc) is 3.45. The molecule has 0 unspecified atom stereocenters. The van der Waals surface area contributed by atoms with Crippen molar-refractivity contribution in [3.8, 4) is 5.69 Å². The molecule has 1 saturated heterocycles. The molecule has 2 aromatic rings. The van der Waals surface area contributed by atoms with Crippen molar-refractivity contribution in [3.05, 3.63) is 47.3 Å². The van der Waals surface area contributed by atoms with Crippen LogP contribution >= 0.6 is 0 Å². The number of amides is 1. The first kappa shape index (κ1) is 22.0. The van der Waals surface area contributed by atoms with Crippen LogP contribution in [0.25, 0.3) is 5.69 Å². The van der Waals surface area contributed by atoms with Crippen LogP contribution in [0.4, 0.5) is 0 Å². The fraction of sp³-hybridized carbons (Fsp3) is 0.545. The summed E-state index contributed by atoms with van der Waals surface area (Å²) in [6.45, 7) is 6.49. The highest BCUT2D eigenvalue weighted by Gasteiger charge is 2.34. The third kappa shape index (κ3) is 4.83. The molecule has 2 heterocycles. The van der Waals surface area contributed by atoms with E-state index in [1.54, 1.807) is 6.20 Å². The molecule has 1 saturated carbocycles. The second-order valence-corrected chi connectivity index (χ2v) is 10.7. The number of morpholine rings is 1. The molecule has 1 aliphatic heterocycles. The van der Waals surface area contributed by atoms with Crippen molar-refractivity contribution < 1.29 is 17.9 Å². The highest BCUT2D eigenvalue weighted by atomic mass is 32.2. The molecule has 1 N–H and O–H groups in total. The lowest BCUT2D eigenvalue weighted by Gasteiger charge is -2.34. The lowest BCUT2D eigenvalue weighted by molar-refractivity contribution is -0.0440. The summed E-state index contributed by atoms with van der Waals surface area (Å²) in [6, 6.07) is 7.94. The van der Waals surface area contributed by atoms with Gasteiger partial charge in [0.25, 0.3) is 5.91 Å². The van der Waals surface area contributed by atoms with Crippen molar-refractivity contribution in [2.75, 3.05) is 25.4 Å². The Bertz CT molecular complexity index is 1050. The van der Waals surface area contributed by atoms with Crippen molar-refractivity contribution in [1.29, 1.82) is 0 Å². The summed E-state index contributed by atoms with van der Waals surface area (Å²) in [5.74, 6) is -0.105. The van der Waals surface area contributed by atoms with Crippen molar-refractivity contribution in [1.82, 2.24) is 19.4 Å². The lowest BCUT2D eigenvalue weighted by Crippen LogP contribution is -2.49. The van der Waals surface area contributed by atoms with Gasteiger partial charge in [0.2, 0.25) is 10.0 Å². The van der Waals surface area contributed by atoms with E-state index in [0.29, 0.717) is 24.6 Å². The van der Waals surface area contributed by atoms with Gasteiger partial charge in [-0.05, 0) is 45.2 Å². The van der Waals surface area contributed by atoms with E-state index in [-0.39, 0.29) is 30.4 Å². The quantitative estimate of drug-likeness (QED) is 0.704. The van der Waals surface area contributed by atoms with Crippen molar-refractivity contribution in [2.45, 2.75) is 51.7 Å². The van der Waals surface area contributed by atoms with Gasteiger partial charge in [-0.15, -0.1) is 0 Å². The van der Waals surface area contributed by atoms with Crippen LogP contribution in [0, 0.1) is 6.92 Å². The van der Waals surface area contributed by atoms with E-state index in [0.717, 1.165) is 29.8 Å². The second kappa shape index (κ2) is 8.72. The lowest BCUT2D eigenvalue weighted by atomic mass is 10.1. The maximum Gasteiger partial charge on any atom is 0.254 e. The monoisotopic (exact) mass is 446 g/mol. The van der Waals surface area contributed by atoms with Gasteiger partial charge in [-0.25, -0.2) is 13.1 Å². The topological polar surface area (TPSA) is 93.5 Å². The first-order valence-electron chi connectivity index (χ1n) is 10.8. The number of aromatic nitrogens is 2. The summed E-state index contributed by atoms with van der Waals surface area (Å²) in [6.07, 6.45) is 3.37. The van der Waals surface area contributed by atoms with Crippen LogP contribution in [-0.4, -0.2) is 66.0 Å². The average molecular weight is 447 g/mol. The molecule has 0 radical (unpaired) electrons. The van der Waals surface area contributed by atoms with Crippen LogP contribution in [0.1, 0.15) is 54.2 Å². The van der Waals surface area contributed by atoms with Gasteiger partial charge in [-0.1, -0.05) is 18.2 Å². The Morgan fingerprint density at radius 2 is 1.87 bits per heavy atom. The Kier molecular flexibility index (Phi) is 6.18. The summed E-state index contributed by atoms with van der Waals surface area (Å²) in [5, 5.41) is 7.28.